The maximum absolute atomic E-state index is 6.88. The molecule has 0 unspecified atom stereocenters. The van der Waals surface area contributed by atoms with Crippen molar-refractivity contribution in [2.24, 2.45) is 0 Å². The van der Waals surface area contributed by atoms with Gasteiger partial charge in [-0.2, -0.15) is 10.2 Å². The van der Waals surface area contributed by atoms with Crippen LogP contribution in [0, 0.1) is 0 Å². The number of alkyl halides is 4. The number of hydrogen-bond donors (Lipinski definition) is 0. The number of pyridine rings is 2. The second-order valence-electron chi connectivity index (χ2n) is 15.2. The van der Waals surface area contributed by atoms with E-state index in [1.807, 2.05) is 12.1 Å². The SMILES string of the molecule is CC1(C)CCC(C)(C)c2nc(-c3cc(Cl)c4ccc5c(Cl)cc(-c6nnc7c(n6)C(C)(C)CCC7(C)C)nc5c4n3)nnc21.ClCCl.ClCCl.O. The molecule has 5 aromatic rings. The number of halogens is 6. The molecular weight excluding hydrogens is 773 g/mol. The Kier molecular flexibility index (Phi) is 12.7. The summed E-state index contributed by atoms with van der Waals surface area (Å²) in [7, 11) is 0. The van der Waals surface area contributed by atoms with E-state index in [4.69, 9.17) is 89.5 Å². The zero-order valence-corrected chi connectivity index (χ0v) is 34.4. The van der Waals surface area contributed by atoms with E-state index in [0.29, 0.717) is 44.1 Å². The summed E-state index contributed by atoms with van der Waals surface area (Å²) in [6.45, 7) is 17.6. The van der Waals surface area contributed by atoms with E-state index in [1.54, 1.807) is 12.1 Å². The average Bonchev–Trinajstić information content (AvgIpc) is 3.06. The highest BCUT2D eigenvalue weighted by molar-refractivity contribution is 6.41. The van der Waals surface area contributed by atoms with Crippen molar-refractivity contribution in [2.45, 2.75) is 103 Å². The van der Waals surface area contributed by atoms with Crippen LogP contribution in [0.15, 0.2) is 24.3 Å². The highest BCUT2D eigenvalue weighted by Crippen LogP contribution is 2.45. The molecule has 274 valence electrons. The summed E-state index contributed by atoms with van der Waals surface area (Å²) in [5.41, 5.74) is 5.63. The highest BCUT2D eigenvalue weighted by Gasteiger charge is 2.41. The third-order valence-corrected chi connectivity index (χ3v) is 10.4. The summed E-state index contributed by atoms with van der Waals surface area (Å²) < 4.78 is 0. The van der Waals surface area contributed by atoms with E-state index in [0.717, 1.165) is 59.2 Å². The predicted molar refractivity (Wildman–Crippen MR) is 212 cm³/mol. The van der Waals surface area contributed by atoms with Gasteiger partial charge >= 0.3 is 0 Å². The molecule has 0 bridgehead atoms. The fourth-order valence-corrected chi connectivity index (χ4v) is 7.08. The summed E-state index contributed by atoms with van der Waals surface area (Å²) in [6.07, 6.45) is 4.09. The van der Waals surface area contributed by atoms with Crippen molar-refractivity contribution in [1.82, 2.24) is 40.3 Å². The standard InChI is InChI=1S/C34H36Cl2N8.2CH2Cl2.H2O/c1-31(2)11-13-33(5,6)27-25(31)39-29(43-41-27)21-15-19(35)17-9-10-18-20(36)16-22(38-24(18)23(17)37-21)30-40-26-28(42-44-30)34(7,8)14-12-32(26,3)4;2*2-1-3;/h9-10,15-16H,11-14H2,1-8H3;2*1H2;1H2. The van der Waals surface area contributed by atoms with Crippen LogP contribution in [0.4, 0.5) is 0 Å². The van der Waals surface area contributed by atoms with E-state index in [-0.39, 0.29) is 37.8 Å². The Morgan fingerprint density at radius 3 is 1.10 bits per heavy atom. The molecule has 0 radical (unpaired) electrons. The predicted octanol–water partition coefficient (Wildman–Crippen LogP) is 10.5. The summed E-state index contributed by atoms with van der Waals surface area (Å²) in [4.78, 5) is 20.1. The molecule has 0 atom stereocenters. The molecule has 0 aliphatic heterocycles. The van der Waals surface area contributed by atoms with Crippen LogP contribution in [0.2, 0.25) is 10.0 Å². The van der Waals surface area contributed by atoms with Gasteiger partial charge in [-0.25, -0.2) is 19.9 Å². The Morgan fingerprint density at radius 2 is 0.784 bits per heavy atom. The van der Waals surface area contributed by atoms with Crippen molar-refractivity contribution < 1.29 is 5.48 Å². The van der Waals surface area contributed by atoms with Crippen LogP contribution < -0.4 is 0 Å². The summed E-state index contributed by atoms with van der Waals surface area (Å²) in [5.74, 6) is 0.870. The first-order valence-electron chi connectivity index (χ1n) is 16.3. The summed E-state index contributed by atoms with van der Waals surface area (Å²) in [5, 5.41) is 21.4. The molecule has 2 N–H and O–H groups in total. The minimum atomic E-state index is -0.125. The molecule has 0 amide bonds. The number of hydrogen-bond acceptors (Lipinski definition) is 8. The number of nitrogens with zero attached hydrogens (tertiary/aromatic N) is 8. The van der Waals surface area contributed by atoms with Crippen molar-refractivity contribution in [1.29, 1.82) is 0 Å². The molecule has 2 aliphatic carbocycles. The van der Waals surface area contributed by atoms with E-state index in [2.05, 4.69) is 75.8 Å². The van der Waals surface area contributed by atoms with Gasteiger partial charge in [0.1, 0.15) is 11.4 Å². The van der Waals surface area contributed by atoms with Crippen LogP contribution in [0.1, 0.15) is 104 Å². The van der Waals surface area contributed by atoms with E-state index < -0.39 is 0 Å². The van der Waals surface area contributed by atoms with Crippen LogP contribution in [0.3, 0.4) is 0 Å². The Bertz CT molecular complexity index is 1930. The molecule has 7 rings (SSSR count). The molecule has 1 aromatic carbocycles. The van der Waals surface area contributed by atoms with Gasteiger partial charge in [-0.15, -0.1) is 56.6 Å². The maximum Gasteiger partial charge on any atom is 0.200 e. The lowest BCUT2D eigenvalue weighted by atomic mass is 9.67. The molecule has 51 heavy (non-hydrogen) atoms. The van der Waals surface area contributed by atoms with Gasteiger partial charge in [0.25, 0.3) is 0 Å². The molecule has 4 heterocycles. The van der Waals surface area contributed by atoms with Gasteiger partial charge in [-0.05, 0) is 37.8 Å². The number of rotatable bonds is 2. The van der Waals surface area contributed by atoms with Gasteiger partial charge in [0.2, 0.25) is 11.6 Å². The lowest BCUT2D eigenvalue weighted by molar-refractivity contribution is 0.311. The van der Waals surface area contributed by atoms with Crippen LogP contribution in [-0.4, -0.2) is 56.5 Å². The summed E-state index contributed by atoms with van der Waals surface area (Å²) in [6, 6.07) is 7.43. The average molecular weight is 816 g/mol. The minimum absolute atomic E-state index is 0. The first kappa shape index (κ1) is 41.5. The highest BCUT2D eigenvalue weighted by atomic mass is 35.5. The first-order valence-corrected chi connectivity index (χ1v) is 19.2. The molecule has 4 aromatic heterocycles. The van der Waals surface area contributed by atoms with Crippen LogP contribution in [0.25, 0.3) is 44.8 Å². The van der Waals surface area contributed by atoms with E-state index in [1.165, 1.54) is 0 Å². The Labute approximate surface area is 328 Å². The van der Waals surface area contributed by atoms with Gasteiger partial charge in [0, 0.05) is 32.4 Å². The zero-order valence-electron chi connectivity index (χ0n) is 29.9. The van der Waals surface area contributed by atoms with Crippen molar-refractivity contribution in [3.8, 4) is 23.0 Å². The number of aromatic nitrogens is 8. The monoisotopic (exact) mass is 812 g/mol. The molecule has 15 heteroatoms. The third-order valence-electron chi connectivity index (χ3n) is 9.80. The number of fused-ring (bicyclic) bond motifs is 5. The smallest absolute Gasteiger partial charge is 0.200 e. The topological polar surface area (TPSA) is 135 Å². The Balaban J connectivity index is 0.000000780. The van der Waals surface area contributed by atoms with Gasteiger partial charge in [-0.1, -0.05) is 90.7 Å². The fraction of sp³-hybridized carbons (Fsp3) is 0.500. The maximum atomic E-state index is 6.88. The third kappa shape index (κ3) is 8.15. The van der Waals surface area contributed by atoms with Gasteiger partial charge in [-0.3, -0.25) is 0 Å². The molecule has 2 aliphatic rings. The molecular formula is C36H42Cl6N8O. The minimum Gasteiger partial charge on any atom is -0.412 e. The lowest BCUT2D eigenvalue weighted by Crippen LogP contribution is -2.36. The van der Waals surface area contributed by atoms with Gasteiger partial charge in [0.15, 0.2) is 0 Å². The molecule has 0 saturated heterocycles. The van der Waals surface area contributed by atoms with Crippen LogP contribution >= 0.6 is 69.6 Å². The molecule has 9 nitrogen and oxygen atoms in total. The summed E-state index contributed by atoms with van der Waals surface area (Å²) >= 11 is 32.8. The molecule has 0 spiro atoms. The van der Waals surface area contributed by atoms with E-state index >= 15 is 0 Å². The Hall–Kier alpha value is -2.24. The largest absolute Gasteiger partial charge is 0.412 e. The van der Waals surface area contributed by atoms with Crippen molar-refractivity contribution in [3.63, 3.8) is 0 Å². The Morgan fingerprint density at radius 1 is 0.490 bits per heavy atom. The molecule has 0 fully saturated rings. The fourth-order valence-electron chi connectivity index (χ4n) is 6.57. The zero-order chi connectivity index (χ0) is 36.8. The van der Waals surface area contributed by atoms with Crippen molar-refractivity contribution in [2.75, 3.05) is 10.7 Å². The van der Waals surface area contributed by atoms with Gasteiger partial charge in [0.05, 0.1) is 54.5 Å². The second-order valence-corrected chi connectivity index (χ2v) is 17.7. The van der Waals surface area contributed by atoms with Crippen molar-refractivity contribution >= 4 is 91.4 Å². The van der Waals surface area contributed by atoms with Crippen LogP contribution in [-0.2, 0) is 21.7 Å². The first-order chi connectivity index (χ1) is 23.4. The normalized spacial score (nSPS) is 17.5. The van der Waals surface area contributed by atoms with Gasteiger partial charge < -0.3 is 5.48 Å². The van der Waals surface area contributed by atoms with Crippen LogP contribution in [0.5, 0.6) is 0 Å². The van der Waals surface area contributed by atoms with E-state index in [9.17, 15) is 0 Å². The van der Waals surface area contributed by atoms with Crippen molar-refractivity contribution in [3.05, 3.63) is 57.1 Å². The lowest BCUT2D eigenvalue weighted by Gasteiger charge is -2.39. The second kappa shape index (κ2) is 15.6. The number of benzene rings is 1. The molecule has 0 saturated carbocycles. The quantitative estimate of drug-likeness (QED) is 0.127.